The summed E-state index contributed by atoms with van der Waals surface area (Å²) in [6.45, 7) is 1.57. The fourth-order valence-corrected chi connectivity index (χ4v) is 1.96. The first-order valence-corrected chi connectivity index (χ1v) is 6.06. The summed E-state index contributed by atoms with van der Waals surface area (Å²) >= 11 is 0. The molecule has 3 rings (SSSR count). The monoisotopic (exact) mass is 223 g/mol. The lowest BCUT2D eigenvalue weighted by molar-refractivity contribution is 0.105. The Morgan fingerprint density at radius 1 is 1.19 bits per heavy atom. The molecule has 1 saturated carbocycles. The van der Waals surface area contributed by atoms with Gasteiger partial charge in [0.05, 0.1) is 19.1 Å². The van der Waals surface area contributed by atoms with Crippen molar-refractivity contribution in [3.63, 3.8) is 0 Å². The fourth-order valence-electron chi connectivity index (χ4n) is 1.96. The van der Waals surface area contributed by atoms with E-state index in [1.54, 1.807) is 0 Å². The molecule has 1 unspecified atom stereocenters. The third-order valence-corrected chi connectivity index (χ3v) is 3.05. The maximum absolute atomic E-state index is 5.56. The molecule has 2 heterocycles. The number of nitrogens with zero attached hydrogens (tertiary/aromatic N) is 2. The second-order valence-corrected chi connectivity index (χ2v) is 4.58. The van der Waals surface area contributed by atoms with Crippen molar-refractivity contribution in [2.75, 3.05) is 6.61 Å². The van der Waals surface area contributed by atoms with Crippen LogP contribution in [0.5, 0.6) is 0 Å². The first kappa shape index (κ1) is 10.2. The normalized spacial score (nSPS) is 25.1. The Balaban J connectivity index is 1.50. The zero-order valence-electron chi connectivity index (χ0n) is 9.32. The van der Waals surface area contributed by atoms with E-state index in [0.29, 0.717) is 24.4 Å². The number of hydrogen-bond donors (Lipinski definition) is 1. The van der Waals surface area contributed by atoms with Gasteiger partial charge in [-0.25, -0.2) is 0 Å². The summed E-state index contributed by atoms with van der Waals surface area (Å²) in [6.07, 6.45) is 5.85. The van der Waals surface area contributed by atoms with Crippen LogP contribution in [-0.4, -0.2) is 29.0 Å². The molecule has 1 aromatic heterocycles. The van der Waals surface area contributed by atoms with E-state index >= 15 is 0 Å². The summed E-state index contributed by atoms with van der Waals surface area (Å²) in [4.78, 5) is 0. The molecule has 1 aliphatic heterocycles. The van der Waals surface area contributed by atoms with Crippen LogP contribution in [0.15, 0.2) is 4.42 Å². The molecule has 5 nitrogen and oxygen atoms in total. The number of nitrogens with one attached hydrogen (secondary N) is 1. The van der Waals surface area contributed by atoms with Crippen LogP contribution >= 0.6 is 0 Å². The second-order valence-electron chi connectivity index (χ2n) is 4.58. The molecule has 0 spiro atoms. The zero-order valence-corrected chi connectivity index (χ0v) is 9.32. The van der Waals surface area contributed by atoms with Gasteiger partial charge in [0.1, 0.15) is 0 Å². The molecule has 1 aromatic rings. The molecule has 0 bridgehead atoms. The highest BCUT2D eigenvalue weighted by Crippen LogP contribution is 2.19. The Morgan fingerprint density at radius 3 is 2.81 bits per heavy atom. The van der Waals surface area contributed by atoms with Gasteiger partial charge in [0.15, 0.2) is 0 Å². The highest BCUT2D eigenvalue weighted by atomic mass is 16.5. The molecule has 2 aliphatic rings. The Kier molecular flexibility index (Phi) is 2.88. The van der Waals surface area contributed by atoms with E-state index in [9.17, 15) is 0 Å². The van der Waals surface area contributed by atoms with Gasteiger partial charge < -0.3 is 14.5 Å². The third-order valence-electron chi connectivity index (χ3n) is 3.05. The largest absolute Gasteiger partial charge is 0.424 e. The lowest BCUT2D eigenvalue weighted by atomic mass is 10.2. The van der Waals surface area contributed by atoms with Gasteiger partial charge in [-0.15, -0.1) is 10.2 Å². The number of rotatable bonds is 5. The van der Waals surface area contributed by atoms with Gasteiger partial charge in [-0.1, -0.05) is 0 Å². The Labute approximate surface area is 94.6 Å². The van der Waals surface area contributed by atoms with E-state index in [1.165, 1.54) is 12.8 Å². The van der Waals surface area contributed by atoms with E-state index in [-0.39, 0.29) is 6.10 Å². The molecule has 0 amide bonds. The summed E-state index contributed by atoms with van der Waals surface area (Å²) in [7, 11) is 0. The minimum absolute atomic E-state index is 0.282. The van der Waals surface area contributed by atoms with E-state index in [4.69, 9.17) is 9.15 Å². The van der Waals surface area contributed by atoms with Crippen LogP contribution in [0.2, 0.25) is 0 Å². The summed E-state index contributed by atoms with van der Waals surface area (Å²) in [5.41, 5.74) is 0. The topological polar surface area (TPSA) is 60.2 Å². The van der Waals surface area contributed by atoms with Gasteiger partial charge in [0.2, 0.25) is 11.8 Å². The minimum atomic E-state index is 0.282. The molecule has 2 fully saturated rings. The maximum atomic E-state index is 5.56. The fraction of sp³-hybridized carbons (Fsp3) is 0.818. The average molecular weight is 223 g/mol. The Bertz CT molecular complexity index is 343. The summed E-state index contributed by atoms with van der Waals surface area (Å²) in [6, 6.07) is 0.675. The van der Waals surface area contributed by atoms with Crippen LogP contribution in [0.3, 0.4) is 0 Å². The van der Waals surface area contributed by atoms with Crippen LogP contribution in [0.1, 0.15) is 37.5 Å². The molecule has 1 aliphatic carbocycles. The molecule has 1 atom stereocenters. The maximum Gasteiger partial charge on any atom is 0.230 e. The van der Waals surface area contributed by atoms with E-state index in [0.717, 1.165) is 25.9 Å². The smallest absolute Gasteiger partial charge is 0.230 e. The predicted octanol–water partition coefficient (Wildman–Crippen LogP) is 1.04. The highest BCUT2D eigenvalue weighted by Gasteiger charge is 2.22. The average Bonchev–Trinajstić information content (AvgIpc) is 2.78. The van der Waals surface area contributed by atoms with Gasteiger partial charge in [-0.05, 0) is 25.7 Å². The van der Waals surface area contributed by atoms with Crippen molar-refractivity contribution in [2.45, 2.75) is 50.8 Å². The number of ether oxygens (including phenoxy) is 1. The lowest BCUT2D eigenvalue weighted by Gasteiger charge is -2.04. The molecular weight excluding hydrogens is 206 g/mol. The molecule has 1 N–H and O–H groups in total. The molecule has 16 heavy (non-hydrogen) atoms. The van der Waals surface area contributed by atoms with Crippen molar-refractivity contribution >= 4 is 0 Å². The van der Waals surface area contributed by atoms with Crippen molar-refractivity contribution in [2.24, 2.45) is 0 Å². The van der Waals surface area contributed by atoms with Gasteiger partial charge in [0, 0.05) is 12.6 Å². The van der Waals surface area contributed by atoms with Crippen LogP contribution in [0, 0.1) is 0 Å². The van der Waals surface area contributed by atoms with E-state index < -0.39 is 0 Å². The summed E-state index contributed by atoms with van der Waals surface area (Å²) < 4.78 is 11.1. The van der Waals surface area contributed by atoms with E-state index in [1.807, 2.05) is 0 Å². The number of hydrogen-bond acceptors (Lipinski definition) is 5. The second kappa shape index (κ2) is 4.51. The lowest BCUT2D eigenvalue weighted by Crippen LogP contribution is -2.15. The first-order chi connectivity index (χ1) is 7.90. The third kappa shape index (κ3) is 2.59. The minimum Gasteiger partial charge on any atom is -0.424 e. The molecule has 5 heteroatoms. The summed E-state index contributed by atoms with van der Waals surface area (Å²) in [5, 5.41) is 11.4. The highest BCUT2D eigenvalue weighted by molar-refractivity contribution is 4.88. The van der Waals surface area contributed by atoms with Crippen molar-refractivity contribution in [3.8, 4) is 0 Å². The van der Waals surface area contributed by atoms with Crippen LogP contribution in [0.25, 0.3) is 0 Å². The van der Waals surface area contributed by atoms with Crippen LogP contribution in [0.4, 0.5) is 0 Å². The number of aromatic nitrogens is 2. The van der Waals surface area contributed by atoms with Crippen molar-refractivity contribution in [1.29, 1.82) is 0 Å². The molecule has 88 valence electrons. The molecule has 0 aromatic carbocycles. The standard InChI is InChI=1S/C11H17N3O2/c1-2-9(15-5-1)6-10-13-14-11(16-10)7-12-8-3-4-8/h8-9,12H,1-7H2. The van der Waals surface area contributed by atoms with Gasteiger partial charge in [-0.3, -0.25) is 0 Å². The molecule has 1 saturated heterocycles. The SMILES string of the molecule is C1COC(Cc2nnc(CNC3CC3)o2)C1. The van der Waals surface area contributed by atoms with Crippen molar-refractivity contribution in [3.05, 3.63) is 11.8 Å². The Morgan fingerprint density at radius 2 is 2.06 bits per heavy atom. The van der Waals surface area contributed by atoms with Gasteiger partial charge in [0.25, 0.3) is 0 Å². The molecular formula is C11H17N3O2. The van der Waals surface area contributed by atoms with Crippen LogP contribution in [-0.2, 0) is 17.7 Å². The predicted molar refractivity (Wildman–Crippen MR) is 56.8 cm³/mol. The molecule has 0 radical (unpaired) electrons. The van der Waals surface area contributed by atoms with E-state index in [2.05, 4.69) is 15.5 Å². The van der Waals surface area contributed by atoms with Crippen molar-refractivity contribution in [1.82, 2.24) is 15.5 Å². The Hall–Kier alpha value is -0.940. The quantitative estimate of drug-likeness (QED) is 0.808. The zero-order chi connectivity index (χ0) is 10.8. The van der Waals surface area contributed by atoms with Crippen molar-refractivity contribution < 1.29 is 9.15 Å². The van der Waals surface area contributed by atoms with Gasteiger partial charge in [-0.2, -0.15) is 0 Å². The summed E-state index contributed by atoms with van der Waals surface area (Å²) in [5.74, 6) is 1.40. The first-order valence-electron chi connectivity index (χ1n) is 6.06. The van der Waals surface area contributed by atoms with Gasteiger partial charge >= 0.3 is 0 Å². The van der Waals surface area contributed by atoms with Crippen LogP contribution < -0.4 is 5.32 Å².